The Labute approximate surface area is 406 Å². The van der Waals surface area contributed by atoms with Crippen molar-refractivity contribution in [2.75, 3.05) is 0 Å². The number of fused-ring (bicyclic) bond motifs is 3. The van der Waals surface area contributed by atoms with E-state index in [4.69, 9.17) is 0 Å². The normalized spacial score (nSPS) is 12.6. The fourth-order valence-electron chi connectivity index (χ4n) is 10.8. The first-order chi connectivity index (χ1) is 30.3. The predicted octanol–water partition coefficient (Wildman–Crippen LogP) is 20.1. The zero-order valence-electron chi connectivity index (χ0n) is 41.6. The number of unbranched alkanes of at least 4 members (excludes halogenated alkanes) is 12. The number of aromatic nitrogens is 1. The molecule has 0 fully saturated rings. The Morgan fingerprint density at radius 1 is 0.355 bits per heavy atom. The molecule has 0 saturated carbocycles. The first kappa shape index (κ1) is 53.2. The van der Waals surface area contributed by atoms with Crippen LogP contribution in [0.3, 0.4) is 0 Å². The molecule has 5 heterocycles. The van der Waals surface area contributed by atoms with Gasteiger partial charge in [0, 0.05) is 0 Å². The van der Waals surface area contributed by atoms with Gasteiger partial charge in [-0.05, 0) is 0 Å². The molecule has 0 aromatic carbocycles. The molecule has 0 aliphatic carbocycles. The van der Waals surface area contributed by atoms with E-state index in [9.17, 15) is 0 Å². The molecule has 62 heavy (non-hydrogen) atoms. The Kier molecular flexibility index (Phi) is 23.9. The van der Waals surface area contributed by atoms with Crippen molar-refractivity contribution in [2.24, 2.45) is 0 Å². The van der Waals surface area contributed by atoms with Gasteiger partial charge in [0.1, 0.15) is 0 Å². The fourth-order valence-corrected chi connectivity index (χ4v) is 56.3. The van der Waals surface area contributed by atoms with Crippen LogP contribution in [0.1, 0.15) is 208 Å². The van der Waals surface area contributed by atoms with Crippen molar-refractivity contribution in [1.29, 1.82) is 0 Å². The molecule has 0 bridgehead atoms. The van der Waals surface area contributed by atoms with Gasteiger partial charge in [0.25, 0.3) is 0 Å². The van der Waals surface area contributed by atoms with Crippen molar-refractivity contribution in [3.63, 3.8) is 0 Å². The topological polar surface area (TPSA) is 4.93 Å². The van der Waals surface area contributed by atoms with Crippen molar-refractivity contribution in [3.05, 3.63) is 35.4 Å². The molecule has 0 N–H and O–H groups in total. The van der Waals surface area contributed by atoms with Gasteiger partial charge in [0.05, 0.1) is 0 Å². The molecule has 0 amide bonds. The summed E-state index contributed by atoms with van der Waals surface area (Å²) in [7, 11) is 0. The van der Waals surface area contributed by atoms with Gasteiger partial charge in [-0.1, -0.05) is 26.2 Å². The fraction of sp³-hybridized carbons (Fsp3) is 0.709. The minimum absolute atomic E-state index is 1.16. The van der Waals surface area contributed by atoms with E-state index in [1.165, 1.54) is 159 Å². The SMILES string of the molecule is CCCCCCCCCn1c2cc(-c3cc(CCC)[c]([Sn]([CH2]CCC)([CH2]CCC)[CH2]CCC)s3)sc2c2sc(-c3cc(CCC)[c]([Sn]([CH2]CCC)([CH2]CCC)[CH2]CCC)s3)cc21. The first-order valence-electron chi connectivity index (χ1n) is 26.6. The number of rotatable bonds is 34. The van der Waals surface area contributed by atoms with Gasteiger partial charge in [-0.3, -0.25) is 0 Å². The number of hydrogen-bond acceptors (Lipinski definition) is 4. The van der Waals surface area contributed by atoms with E-state index in [0.29, 0.717) is 0 Å². The van der Waals surface area contributed by atoms with Gasteiger partial charge in [-0.2, -0.15) is 0 Å². The zero-order valence-corrected chi connectivity index (χ0v) is 50.6. The molecule has 0 unspecified atom stereocenters. The average molecular weight is 1130 g/mol. The Bertz CT molecular complexity index is 1830. The summed E-state index contributed by atoms with van der Waals surface area (Å²) in [6, 6.07) is 10.8. The molecule has 0 saturated heterocycles. The monoisotopic (exact) mass is 1130 g/mol. The second-order valence-corrected chi connectivity index (χ2v) is 51.8. The third-order valence-electron chi connectivity index (χ3n) is 14.4. The Hall–Kier alpha value is 0.197. The number of nitrogens with zero attached hydrogens (tertiary/aromatic N) is 1. The molecular formula is C55H91NS4Sn2. The van der Waals surface area contributed by atoms with Crippen LogP contribution in [0.2, 0.25) is 26.6 Å². The minimum atomic E-state index is -2.59. The van der Waals surface area contributed by atoms with Crippen molar-refractivity contribution < 1.29 is 0 Å². The zero-order chi connectivity index (χ0) is 44.4. The molecule has 0 aliphatic heterocycles. The van der Waals surface area contributed by atoms with Gasteiger partial charge >= 0.3 is 385 Å². The summed E-state index contributed by atoms with van der Waals surface area (Å²) in [5.74, 6) is 0. The molecule has 0 spiro atoms. The Morgan fingerprint density at radius 2 is 0.677 bits per heavy atom. The molecule has 5 aromatic heterocycles. The maximum atomic E-state index is 2.81. The van der Waals surface area contributed by atoms with Gasteiger partial charge < -0.3 is 0 Å². The summed E-state index contributed by atoms with van der Waals surface area (Å²) < 4.78 is 19.3. The molecular weight excluding hydrogens is 1040 g/mol. The van der Waals surface area contributed by atoms with E-state index >= 15 is 0 Å². The van der Waals surface area contributed by atoms with Crippen LogP contribution in [0.4, 0.5) is 0 Å². The van der Waals surface area contributed by atoms with Crippen LogP contribution in [0.5, 0.6) is 0 Å². The van der Waals surface area contributed by atoms with Crippen LogP contribution in [0.25, 0.3) is 39.9 Å². The Morgan fingerprint density at radius 3 is 1.02 bits per heavy atom. The van der Waals surface area contributed by atoms with Crippen LogP contribution in [0, 0.1) is 0 Å². The molecule has 7 heteroatoms. The van der Waals surface area contributed by atoms with E-state index in [2.05, 4.69) is 136 Å². The molecule has 5 rings (SSSR count). The van der Waals surface area contributed by atoms with Gasteiger partial charge in [0.2, 0.25) is 0 Å². The third-order valence-corrected chi connectivity index (χ3v) is 56.5. The Balaban J connectivity index is 1.64. The second-order valence-electron chi connectivity index (χ2n) is 19.5. The third kappa shape index (κ3) is 13.5. The van der Waals surface area contributed by atoms with Gasteiger partial charge in [0.15, 0.2) is 0 Å². The quantitative estimate of drug-likeness (QED) is 0.0286. The van der Waals surface area contributed by atoms with E-state index in [1.807, 2.05) is 5.79 Å². The second kappa shape index (κ2) is 27.9. The summed E-state index contributed by atoms with van der Waals surface area (Å²) in [5.41, 5.74) is 6.60. The molecule has 1 nitrogen and oxygen atoms in total. The van der Waals surface area contributed by atoms with Crippen molar-refractivity contribution in [3.8, 4) is 19.5 Å². The first-order valence-corrected chi connectivity index (χ1v) is 44.9. The van der Waals surface area contributed by atoms with Crippen LogP contribution >= 0.6 is 45.3 Å². The summed E-state index contributed by atoms with van der Waals surface area (Å²) in [6.07, 6.45) is 31.4. The number of aryl methyl sites for hydroxylation is 3. The summed E-state index contributed by atoms with van der Waals surface area (Å²) >= 11 is 3.74. The van der Waals surface area contributed by atoms with Crippen LogP contribution in [0.15, 0.2) is 24.3 Å². The molecule has 0 radical (unpaired) electrons. The van der Waals surface area contributed by atoms with Crippen LogP contribution in [-0.4, -0.2) is 41.3 Å². The molecule has 0 aliphatic rings. The summed E-state index contributed by atoms with van der Waals surface area (Å²) in [4.78, 5) is 6.32. The summed E-state index contributed by atoms with van der Waals surface area (Å²) in [5, 5.41) is 0. The maximum absolute atomic E-state index is 2.81. The standard InChI is InChI=1S/C31H37NS4.6C4H9.2Sn/c1-4-7-8-9-10-11-12-15-32-24-18-28(26-16-22(13-5-2)20-33-26)35-30(24)31-25(32)19-29(36-31)27-17-23(14-6-3)21-34-27;6*1-3-4-2;;/h16-19H,4-15H2,1-3H3;6*1,3-4H2,2H3;;. The van der Waals surface area contributed by atoms with Gasteiger partial charge in [-0.15, -0.1) is 0 Å². The van der Waals surface area contributed by atoms with Gasteiger partial charge in [-0.25, -0.2) is 0 Å². The van der Waals surface area contributed by atoms with E-state index < -0.39 is 36.8 Å². The van der Waals surface area contributed by atoms with E-state index in [-0.39, 0.29) is 0 Å². The van der Waals surface area contributed by atoms with Crippen molar-refractivity contribution in [1.82, 2.24) is 4.57 Å². The average Bonchev–Trinajstić information content (AvgIpc) is 4.12. The molecule has 5 aromatic rings. The molecule has 348 valence electrons. The van der Waals surface area contributed by atoms with Crippen molar-refractivity contribution >= 4 is 108 Å². The van der Waals surface area contributed by atoms with E-state index in [0.717, 1.165) is 6.54 Å². The van der Waals surface area contributed by atoms with E-state index in [1.54, 1.807) is 66.7 Å². The summed E-state index contributed by atoms with van der Waals surface area (Å²) in [6.45, 7) is 23.0. The number of thiophene rings is 4. The van der Waals surface area contributed by atoms with Crippen LogP contribution < -0.4 is 5.79 Å². The van der Waals surface area contributed by atoms with Crippen LogP contribution in [-0.2, 0) is 19.4 Å². The number of hydrogen-bond donors (Lipinski definition) is 0. The predicted molar refractivity (Wildman–Crippen MR) is 297 cm³/mol. The van der Waals surface area contributed by atoms with Crippen molar-refractivity contribution in [2.45, 2.75) is 243 Å². The molecule has 0 atom stereocenters.